The number of carbonyl (C=O) groups excluding carboxylic acids is 1. The molecule has 0 heterocycles. The van der Waals surface area contributed by atoms with Crippen molar-refractivity contribution in [3.63, 3.8) is 0 Å². The third kappa shape index (κ3) is 4.94. The van der Waals surface area contributed by atoms with E-state index in [0.717, 1.165) is 10.6 Å². The average molecular weight is 322 g/mol. The fraction of sp³-hybridized carbons (Fsp3) is 0.500. The van der Waals surface area contributed by atoms with Crippen LogP contribution in [-0.4, -0.2) is 40.8 Å². The van der Waals surface area contributed by atoms with Crippen LogP contribution in [-0.2, 0) is 4.79 Å². The topological polar surface area (TPSA) is 69.6 Å². The van der Waals surface area contributed by atoms with E-state index in [9.17, 15) is 9.59 Å². The third-order valence-electron chi connectivity index (χ3n) is 3.73. The average Bonchev–Trinajstić information content (AvgIpc) is 2.99. The first-order valence-electron chi connectivity index (χ1n) is 7.56. The number of carboxylic acid groups (broad SMARTS) is 1. The molecule has 1 aromatic carbocycles. The number of carbonyl (C=O) groups is 2. The van der Waals surface area contributed by atoms with Crippen LogP contribution >= 0.6 is 11.8 Å². The molecule has 2 amide bonds. The molecule has 0 atom stereocenters. The number of para-hydroxylation sites is 1. The molecule has 2 N–H and O–H groups in total. The van der Waals surface area contributed by atoms with Crippen molar-refractivity contribution < 1.29 is 14.7 Å². The summed E-state index contributed by atoms with van der Waals surface area (Å²) in [4.78, 5) is 25.2. The maximum atomic E-state index is 12.1. The molecule has 1 saturated carbocycles. The van der Waals surface area contributed by atoms with Crippen molar-refractivity contribution in [2.45, 2.75) is 42.2 Å². The van der Waals surface area contributed by atoms with E-state index in [1.54, 1.807) is 7.05 Å². The monoisotopic (exact) mass is 322 g/mol. The Kier molecular flexibility index (Phi) is 6.12. The zero-order chi connectivity index (χ0) is 15.9. The van der Waals surface area contributed by atoms with Crippen LogP contribution in [0.5, 0.6) is 0 Å². The lowest BCUT2D eigenvalue weighted by Crippen LogP contribution is -2.33. The Morgan fingerprint density at radius 1 is 1.32 bits per heavy atom. The first-order chi connectivity index (χ1) is 10.6. The van der Waals surface area contributed by atoms with E-state index in [0.29, 0.717) is 5.25 Å². The van der Waals surface area contributed by atoms with Crippen molar-refractivity contribution in [2.24, 2.45) is 0 Å². The molecule has 0 radical (unpaired) electrons. The van der Waals surface area contributed by atoms with E-state index in [-0.39, 0.29) is 19.0 Å². The molecule has 0 saturated heterocycles. The summed E-state index contributed by atoms with van der Waals surface area (Å²) in [5.41, 5.74) is 0.798. The number of thioether (sulfide) groups is 1. The number of rotatable bonds is 6. The van der Waals surface area contributed by atoms with Crippen LogP contribution in [0.2, 0.25) is 0 Å². The van der Waals surface area contributed by atoms with Gasteiger partial charge in [-0.2, -0.15) is 0 Å². The van der Waals surface area contributed by atoms with Crippen molar-refractivity contribution in [3.05, 3.63) is 24.3 Å². The van der Waals surface area contributed by atoms with Gasteiger partial charge >= 0.3 is 12.0 Å². The SMILES string of the molecule is CN(CCC(=O)O)C(=O)Nc1ccccc1SC1CCCC1. The highest BCUT2D eigenvalue weighted by Crippen LogP contribution is 2.38. The van der Waals surface area contributed by atoms with Gasteiger partial charge < -0.3 is 15.3 Å². The molecule has 6 heteroatoms. The summed E-state index contributed by atoms with van der Waals surface area (Å²) < 4.78 is 0. The number of benzene rings is 1. The fourth-order valence-electron chi connectivity index (χ4n) is 2.43. The van der Waals surface area contributed by atoms with Crippen LogP contribution in [0, 0.1) is 0 Å². The van der Waals surface area contributed by atoms with Gasteiger partial charge in [-0.15, -0.1) is 11.8 Å². The maximum absolute atomic E-state index is 12.1. The van der Waals surface area contributed by atoms with Gasteiger partial charge in [0.2, 0.25) is 0 Å². The van der Waals surface area contributed by atoms with E-state index in [2.05, 4.69) is 5.32 Å². The quantitative estimate of drug-likeness (QED) is 0.838. The summed E-state index contributed by atoms with van der Waals surface area (Å²) in [5.74, 6) is -0.906. The molecule has 0 bridgehead atoms. The standard InChI is InChI=1S/C16H22N2O3S/c1-18(11-10-15(19)20)16(21)17-13-8-4-5-9-14(13)22-12-6-2-3-7-12/h4-5,8-9,12H,2-3,6-7,10-11H2,1H3,(H,17,21)(H,19,20). The summed E-state index contributed by atoms with van der Waals surface area (Å²) in [6, 6.07) is 7.50. The Morgan fingerprint density at radius 2 is 2.00 bits per heavy atom. The minimum absolute atomic E-state index is 0.0532. The molecular weight excluding hydrogens is 300 g/mol. The number of hydrogen-bond acceptors (Lipinski definition) is 3. The largest absolute Gasteiger partial charge is 0.481 e. The van der Waals surface area contributed by atoms with Crippen LogP contribution in [0.3, 0.4) is 0 Å². The van der Waals surface area contributed by atoms with E-state index < -0.39 is 5.97 Å². The molecule has 0 aromatic heterocycles. The molecule has 2 rings (SSSR count). The second-order valence-electron chi connectivity index (χ2n) is 5.52. The molecule has 0 spiro atoms. The van der Waals surface area contributed by atoms with Crippen LogP contribution in [0.15, 0.2) is 29.2 Å². The summed E-state index contributed by atoms with van der Waals surface area (Å²) in [6.07, 6.45) is 4.97. The number of anilines is 1. The number of nitrogens with zero attached hydrogens (tertiary/aromatic N) is 1. The minimum atomic E-state index is -0.906. The summed E-state index contributed by atoms with van der Waals surface area (Å²) in [5, 5.41) is 12.2. The van der Waals surface area contributed by atoms with Gasteiger partial charge in [-0.25, -0.2) is 4.79 Å². The van der Waals surface area contributed by atoms with Gasteiger partial charge in [0.05, 0.1) is 12.1 Å². The number of hydrogen-bond donors (Lipinski definition) is 2. The summed E-state index contributed by atoms with van der Waals surface area (Å²) in [6.45, 7) is 0.194. The highest BCUT2D eigenvalue weighted by Gasteiger charge is 2.18. The Balaban J connectivity index is 1.96. The Hall–Kier alpha value is -1.69. The highest BCUT2D eigenvalue weighted by molar-refractivity contribution is 8.00. The number of aliphatic carboxylic acids is 1. The zero-order valence-corrected chi connectivity index (χ0v) is 13.6. The smallest absolute Gasteiger partial charge is 0.321 e. The lowest BCUT2D eigenvalue weighted by atomic mass is 10.3. The zero-order valence-electron chi connectivity index (χ0n) is 12.7. The van der Waals surface area contributed by atoms with Crippen molar-refractivity contribution in [1.82, 2.24) is 4.90 Å². The lowest BCUT2D eigenvalue weighted by Gasteiger charge is -2.19. The first-order valence-corrected chi connectivity index (χ1v) is 8.44. The minimum Gasteiger partial charge on any atom is -0.481 e. The van der Waals surface area contributed by atoms with Crippen molar-refractivity contribution >= 4 is 29.4 Å². The van der Waals surface area contributed by atoms with Crippen LogP contribution in [0.1, 0.15) is 32.1 Å². The molecule has 1 aromatic rings. The lowest BCUT2D eigenvalue weighted by molar-refractivity contribution is -0.137. The molecule has 1 fully saturated rings. The third-order valence-corrected chi connectivity index (χ3v) is 5.15. The molecule has 0 unspecified atom stereocenters. The van der Waals surface area contributed by atoms with Gasteiger partial charge in [0.15, 0.2) is 0 Å². The molecule has 1 aliphatic rings. The Bertz CT molecular complexity index is 530. The van der Waals surface area contributed by atoms with Crippen molar-refractivity contribution in [3.8, 4) is 0 Å². The van der Waals surface area contributed by atoms with Gasteiger partial charge in [-0.05, 0) is 25.0 Å². The number of nitrogens with one attached hydrogen (secondary N) is 1. The van der Waals surface area contributed by atoms with Gasteiger partial charge in [-0.1, -0.05) is 25.0 Å². The van der Waals surface area contributed by atoms with Gasteiger partial charge in [0.1, 0.15) is 0 Å². The number of urea groups is 1. The van der Waals surface area contributed by atoms with E-state index in [1.165, 1.54) is 30.6 Å². The van der Waals surface area contributed by atoms with E-state index >= 15 is 0 Å². The fourth-order valence-corrected chi connectivity index (χ4v) is 3.77. The molecule has 1 aliphatic carbocycles. The first kappa shape index (κ1) is 16.7. The van der Waals surface area contributed by atoms with Gasteiger partial charge in [0.25, 0.3) is 0 Å². The van der Waals surface area contributed by atoms with Gasteiger partial charge in [0, 0.05) is 23.7 Å². The van der Waals surface area contributed by atoms with Crippen LogP contribution < -0.4 is 5.32 Å². The normalized spacial score (nSPS) is 14.8. The molecule has 0 aliphatic heterocycles. The van der Waals surface area contributed by atoms with Gasteiger partial charge in [-0.3, -0.25) is 4.79 Å². The predicted octanol–water partition coefficient (Wildman–Crippen LogP) is 3.66. The predicted molar refractivity (Wildman–Crippen MR) is 88.5 cm³/mol. The Labute approximate surface area is 135 Å². The van der Waals surface area contributed by atoms with E-state index in [1.807, 2.05) is 36.0 Å². The number of amides is 2. The molecular formula is C16H22N2O3S. The summed E-state index contributed by atoms with van der Waals surface area (Å²) in [7, 11) is 1.60. The Morgan fingerprint density at radius 3 is 2.68 bits per heavy atom. The molecule has 5 nitrogen and oxygen atoms in total. The van der Waals surface area contributed by atoms with Crippen LogP contribution in [0.25, 0.3) is 0 Å². The van der Waals surface area contributed by atoms with E-state index in [4.69, 9.17) is 5.11 Å². The van der Waals surface area contributed by atoms with Crippen LogP contribution in [0.4, 0.5) is 10.5 Å². The second kappa shape index (κ2) is 8.08. The second-order valence-corrected chi connectivity index (χ2v) is 6.86. The van der Waals surface area contributed by atoms with Crippen molar-refractivity contribution in [2.75, 3.05) is 18.9 Å². The van der Waals surface area contributed by atoms with Crippen molar-refractivity contribution in [1.29, 1.82) is 0 Å². The maximum Gasteiger partial charge on any atom is 0.321 e. The molecule has 22 heavy (non-hydrogen) atoms. The molecule has 120 valence electrons. The highest BCUT2D eigenvalue weighted by atomic mass is 32.2. The number of carboxylic acids is 1. The summed E-state index contributed by atoms with van der Waals surface area (Å²) >= 11 is 1.82.